The van der Waals surface area contributed by atoms with Crippen LogP contribution >= 0.6 is 57.6 Å². The number of aliphatic hydroxyl groups excluding tert-OH is 1. The van der Waals surface area contributed by atoms with Gasteiger partial charge in [-0.25, -0.2) is 0 Å². The predicted octanol–water partition coefficient (Wildman–Crippen LogP) is 2.82. The van der Waals surface area contributed by atoms with Crippen LogP contribution in [-0.4, -0.2) is 11.7 Å². The van der Waals surface area contributed by atoms with Crippen molar-refractivity contribution in [2.24, 2.45) is 0 Å². The van der Waals surface area contributed by atoms with Crippen molar-refractivity contribution in [3.8, 4) is 0 Å². The average Bonchev–Trinajstić information content (AvgIpc) is 1.65. The van der Waals surface area contributed by atoms with Crippen LogP contribution in [0.25, 0.3) is 0 Å². The summed E-state index contributed by atoms with van der Waals surface area (Å²) in [7, 11) is 0. The molecular weight excluding hydrogens is 481 g/mol. The second kappa shape index (κ2) is 12.3. The minimum absolute atomic E-state index is 0.0833. The molecule has 0 atom stereocenters. The zero-order valence-electron chi connectivity index (χ0n) is 4.07. The first-order chi connectivity index (χ1) is 3.65. The van der Waals surface area contributed by atoms with Crippen molar-refractivity contribution >= 4 is 57.6 Å². The van der Waals surface area contributed by atoms with E-state index in [0.29, 0.717) is 0 Å². The van der Waals surface area contributed by atoms with Gasteiger partial charge in [-0.2, -0.15) is 0 Å². The maximum absolute atomic E-state index is 7.76. The molecular formula is C3H6I3OTi. The molecule has 0 saturated carbocycles. The Kier molecular flexibility index (Phi) is 20.3. The fourth-order valence-electron chi connectivity index (χ4n) is 0. The van der Waals surface area contributed by atoms with Crippen molar-refractivity contribution in [2.45, 2.75) is 0 Å². The van der Waals surface area contributed by atoms with Crippen LogP contribution in [0.4, 0.5) is 0 Å². The summed E-state index contributed by atoms with van der Waals surface area (Å²) in [5, 5.41) is 7.76. The molecule has 0 radical (unpaired) electrons. The molecule has 1 N–H and O–H groups in total. The maximum atomic E-state index is 7.76. The van der Waals surface area contributed by atoms with Gasteiger partial charge in [0, 0.05) is 0 Å². The molecule has 0 aromatic carbocycles. The van der Waals surface area contributed by atoms with E-state index in [-0.39, 0.29) is 6.61 Å². The Morgan fingerprint density at radius 3 is 1.62 bits per heavy atom. The first-order valence-corrected chi connectivity index (χ1v) is 16.8. The molecule has 0 spiro atoms. The second-order valence-electron chi connectivity index (χ2n) is 0.686. The van der Waals surface area contributed by atoms with Crippen LogP contribution in [0.1, 0.15) is 0 Å². The fraction of sp³-hybridized carbons (Fsp3) is 0.333. The summed E-state index contributed by atoms with van der Waals surface area (Å²) in [5.41, 5.74) is 0. The molecule has 0 bridgehead atoms. The zero-order chi connectivity index (χ0) is 6.99. The number of aliphatic hydroxyl groups is 1. The van der Waals surface area contributed by atoms with Gasteiger partial charge in [0.2, 0.25) is 0 Å². The van der Waals surface area contributed by atoms with Crippen molar-refractivity contribution in [3.63, 3.8) is 0 Å². The van der Waals surface area contributed by atoms with Gasteiger partial charge in [-0.15, -0.1) is 6.58 Å². The van der Waals surface area contributed by atoms with Crippen LogP contribution in [0.5, 0.6) is 0 Å². The Bertz CT molecular complexity index is 47.0. The monoisotopic (exact) mass is 487 g/mol. The van der Waals surface area contributed by atoms with Gasteiger partial charge in [0.1, 0.15) is 0 Å². The van der Waals surface area contributed by atoms with Crippen molar-refractivity contribution in [2.75, 3.05) is 6.61 Å². The van der Waals surface area contributed by atoms with Crippen LogP contribution in [0, 0.1) is 0 Å². The number of hydrogen-bond acceptors (Lipinski definition) is 1. The van der Waals surface area contributed by atoms with Crippen molar-refractivity contribution in [1.29, 1.82) is 0 Å². The molecule has 0 aromatic heterocycles. The van der Waals surface area contributed by atoms with Gasteiger partial charge in [0.15, 0.2) is 0 Å². The van der Waals surface area contributed by atoms with Gasteiger partial charge in [-0.05, 0) is 0 Å². The van der Waals surface area contributed by atoms with Gasteiger partial charge in [0.25, 0.3) is 0 Å². The third kappa shape index (κ3) is 38.3. The van der Waals surface area contributed by atoms with E-state index >= 15 is 0 Å². The van der Waals surface area contributed by atoms with Crippen LogP contribution in [-0.2, 0) is 6.63 Å². The average molecular weight is 487 g/mol. The molecule has 49 valence electrons. The summed E-state index contributed by atoms with van der Waals surface area (Å²) in [6, 6.07) is 0. The van der Waals surface area contributed by atoms with Crippen LogP contribution in [0.15, 0.2) is 12.7 Å². The van der Waals surface area contributed by atoms with Crippen molar-refractivity contribution in [1.82, 2.24) is 0 Å². The quantitative estimate of drug-likeness (QED) is 0.343. The van der Waals surface area contributed by atoms with E-state index in [1.807, 2.05) is 0 Å². The van der Waals surface area contributed by atoms with E-state index in [0.717, 1.165) is 0 Å². The molecule has 0 heterocycles. The number of hydrogen-bond donors (Lipinski definition) is 1. The Hall–Kier alpha value is 2.60. The van der Waals surface area contributed by atoms with E-state index < -0.39 is 6.63 Å². The summed E-state index contributed by atoms with van der Waals surface area (Å²) in [6.07, 6.45) is 1.43. The molecule has 0 rings (SSSR count). The standard InChI is InChI=1S/C3H6O.3HI.Ti/c1-2-3-4;;;;/h2,4H,1,3H2;3*1H;/q;;;;+3/p-3. The SMILES string of the molecule is C=CCO.[I][Ti]([I])[I]. The van der Waals surface area contributed by atoms with Gasteiger partial charge in [-0.3, -0.25) is 0 Å². The van der Waals surface area contributed by atoms with E-state index in [9.17, 15) is 0 Å². The van der Waals surface area contributed by atoms with Crippen LogP contribution < -0.4 is 0 Å². The minimum atomic E-state index is -0.423. The van der Waals surface area contributed by atoms with Gasteiger partial charge in [0.05, 0.1) is 6.61 Å². The molecule has 0 amide bonds. The zero-order valence-corrected chi connectivity index (χ0v) is 12.1. The Labute approximate surface area is 86.6 Å². The molecule has 0 aliphatic carbocycles. The molecule has 0 aliphatic rings. The molecule has 0 fully saturated rings. The first-order valence-electron chi connectivity index (χ1n) is 1.70. The van der Waals surface area contributed by atoms with Gasteiger partial charge < -0.3 is 5.11 Å². The van der Waals surface area contributed by atoms with Crippen LogP contribution in [0.3, 0.4) is 0 Å². The topological polar surface area (TPSA) is 20.2 Å². The van der Waals surface area contributed by atoms with Crippen molar-refractivity contribution in [3.05, 3.63) is 12.7 Å². The summed E-state index contributed by atoms with van der Waals surface area (Å²) >= 11 is 7.45. The summed E-state index contributed by atoms with van der Waals surface area (Å²) in [4.78, 5) is 0. The number of rotatable bonds is 1. The van der Waals surface area contributed by atoms with E-state index in [1.165, 1.54) is 6.08 Å². The van der Waals surface area contributed by atoms with Gasteiger partial charge >= 0.3 is 64.2 Å². The summed E-state index contributed by atoms with van der Waals surface area (Å²) in [5.74, 6) is 0. The third-order valence-electron chi connectivity index (χ3n) is 0.129. The predicted molar refractivity (Wildman–Crippen MR) is 59.3 cm³/mol. The Morgan fingerprint density at radius 1 is 1.50 bits per heavy atom. The molecule has 0 aromatic rings. The number of halogens is 3. The van der Waals surface area contributed by atoms with E-state index in [1.54, 1.807) is 0 Å². The molecule has 8 heavy (non-hydrogen) atoms. The van der Waals surface area contributed by atoms with Crippen molar-refractivity contribution < 1.29 is 11.7 Å². The van der Waals surface area contributed by atoms with Gasteiger partial charge in [-0.1, -0.05) is 6.08 Å². The third-order valence-corrected chi connectivity index (χ3v) is 0.129. The second-order valence-corrected chi connectivity index (χ2v) is 40.2. The summed E-state index contributed by atoms with van der Waals surface area (Å²) in [6.45, 7) is 2.89. The fourth-order valence-corrected chi connectivity index (χ4v) is 0. The van der Waals surface area contributed by atoms with Crippen LogP contribution in [0.2, 0.25) is 0 Å². The molecule has 5 heteroatoms. The van der Waals surface area contributed by atoms with E-state index in [4.69, 9.17) is 5.11 Å². The molecule has 0 unspecified atom stereocenters. The molecule has 1 nitrogen and oxygen atoms in total. The Balaban J connectivity index is 0. The summed E-state index contributed by atoms with van der Waals surface area (Å²) < 4.78 is 0. The first kappa shape index (κ1) is 13.2. The normalized spacial score (nSPS) is 6.50. The molecule has 0 saturated heterocycles. The molecule has 0 aliphatic heterocycles. The Morgan fingerprint density at radius 2 is 1.62 bits per heavy atom. The van der Waals surface area contributed by atoms with E-state index in [2.05, 4.69) is 64.1 Å².